The predicted molar refractivity (Wildman–Crippen MR) is 85.7 cm³/mol. The molecule has 0 aromatic rings. The molecule has 5 rings (SSSR count). The zero-order chi connectivity index (χ0) is 16.9. The maximum Gasteiger partial charge on any atom is 0.181 e. The van der Waals surface area contributed by atoms with E-state index in [9.17, 15) is 14.9 Å². The van der Waals surface area contributed by atoms with Crippen molar-refractivity contribution in [3.05, 3.63) is 0 Å². The summed E-state index contributed by atoms with van der Waals surface area (Å²) in [5.41, 5.74) is -0.498. The number of rotatable bonds is 0. The lowest BCUT2D eigenvalue weighted by Gasteiger charge is -2.58. The maximum absolute atomic E-state index is 12.5. The standard InChI is InChI=1S/C20H25NO3/c1-18-7-6-14-12(13(18)3-4-15(18)22)5-8-20-17(24-20)16(23)11(10-21)9-19(14,20)2/h11-14,17H,3-9H2,1-2H3/t11?,12-,13-,14+,17?,18-,19+,20?/m0/s1. The summed E-state index contributed by atoms with van der Waals surface area (Å²) in [4.78, 5) is 24.9. The van der Waals surface area contributed by atoms with Crippen LogP contribution in [0.4, 0.5) is 0 Å². The highest BCUT2D eigenvalue weighted by molar-refractivity contribution is 5.92. The van der Waals surface area contributed by atoms with E-state index < -0.39 is 5.92 Å². The summed E-state index contributed by atoms with van der Waals surface area (Å²) < 4.78 is 6.06. The van der Waals surface area contributed by atoms with Gasteiger partial charge in [-0.1, -0.05) is 13.8 Å². The number of ketones is 2. The predicted octanol–water partition coefficient (Wildman–Crippen LogP) is 3.05. The molecule has 1 spiro atoms. The number of hydrogen-bond donors (Lipinski definition) is 0. The molecule has 0 aromatic heterocycles. The van der Waals surface area contributed by atoms with E-state index in [0.717, 1.165) is 38.5 Å². The maximum atomic E-state index is 12.5. The second-order valence-corrected chi connectivity index (χ2v) is 9.43. The molecule has 0 amide bonds. The summed E-state index contributed by atoms with van der Waals surface area (Å²) in [5, 5.41) is 9.45. The quantitative estimate of drug-likeness (QED) is 0.641. The summed E-state index contributed by atoms with van der Waals surface area (Å²) in [6.07, 6.45) is 6.12. The first-order valence-corrected chi connectivity index (χ1v) is 9.52. The Morgan fingerprint density at radius 1 is 1.12 bits per heavy atom. The van der Waals surface area contributed by atoms with E-state index in [1.807, 2.05) is 0 Å². The molecule has 8 atom stereocenters. The van der Waals surface area contributed by atoms with Crippen LogP contribution in [0.2, 0.25) is 0 Å². The lowest BCUT2D eigenvalue weighted by atomic mass is 9.44. The summed E-state index contributed by atoms with van der Waals surface area (Å²) in [6.45, 7) is 4.47. The van der Waals surface area contributed by atoms with Crippen LogP contribution in [0.15, 0.2) is 0 Å². The lowest BCUT2D eigenvalue weighted by molar-refractivity contribution is -0.142. The van der Waals surface area contributed by atoms with Crippen molar-refractivity contribution in [2.45, 2.75) is 70.5 Å². The molecule has 4 aliphatic carbocycles. The third-order valence-corrected chi connectivity index (χ3v) is 8.86. The van der Waals surface area contributed by atoms with E-state index in [1.54, 1.807) is 0 Å². The van der Waals surface area contributed by atoms with Gasteiger partial charge in [0, 0.05) is 17.3 Å². The van der Waals surface area contributed by atoms with Crippen LogP contribution >= 0.6 is 0 Å². The SMILES string of the molecule is C[C@]12CC[C@@H]3[C@@H](CCC45OC4C(=O)C(C#N)C[C@]35C)[C@@H]1CCC2=O. The molecule has 1 aliphatic heterocycles. The van der Waals surface area contributed by atoms with Gasteiger partial charge in [-0.25, -0.2) is 0 Å². The minimum Gasteiger partial charge on any atom is -0.357 e. The molecule has 0 N–H and O–H groups in total. The summed E-state index contributed by atoms with van der Waals surface area (Å²) in [5.74, 6) is 1.52. The lowest BCUT2D eigenvalue weighted by Crippen LogP contribution is -2.59. The average molecular weight is 327 g/mol. The Morgan fingerprint density at radius 3 is 2.67 bits per heavy atom. The van der Waals surface area contributed by atoms with Crippen LogP contribution in [0.3, 0.4) is 0 Å². The molecule has 24 heavy (non-hydrogen) atoms. The highest BCUT2D eigenvalue weighted by Gasteiger charge is 2.78. The number of nitrogens with zero attached hydrogens (tertiary/aromatic N) is 1. The molecule has 4 heteroatoms. The third kappa shape index (κ3) is 1.46. The number of carbonyl (C=O) groups is 2. The normalized spacial score (nSPS) is 58.1. The Balaban J connectivity index is 1.54. The Kier molecular flexibility index (Phi) is 2.70. The molecule has 0 aromatic carbocycles. The Morgan fingerprint density at radius 2 is 1.92 bits per heavy atom. The van der Waals surface area contributed by atoms with Crippen molar-refractivity contribution in [2.24, 2.45) is 34.5 Å². The van der Waals surface area contributed by atoms with Crippen molar-refractivity contribution >= 4 is 11.6 Å². The van der Waals surface area contributed by atoms with E-state index in [4.69, 9.17) is 4.74 Å². The summed E-state index contributed by atoms with van der Waals surface area (Å²) in [6, 6.07) is 2.24. The molecule has 0 radical (unpaired) electrons. The van der Waals surface area contributed by atoms with Gasteiger partial charge in [-0.15, -0.1) is 0 Å². The summed E-state index contributed by atoms with van der Waals surface area (Å²) >= 11 is 0. The Hall–Kier alpha value is -1.21. The zero-order valence-electron chi connectivity index (χ0n) is 14.5. The van der Waals surface area contributed by atoms with Crippen molar-refractivity contribution in [3.8, 4) is 6.07 Å². The smallest absolute Gasteiger partial charge is 0.181 e. The number of fused-ring (bicyclic) bond motifs is 4. The molecule has 3 unspecified atom stereocenters. The van der Waals surface area contributed by atoms with Crippen molar-refractivity contribution < 1.29 is 14.3 Å². The number of Topliss-reactive ketones (excluding diaryl/α,β-unsaturated/α-hetero) is 2. The number of epoxide rings is 1. The topological polar surface area (TPSA) is 70.5 Å². The third-order valence-electron chi connectivity index (χ3n) is 8.86. The molecular formula is C20H25NO3. The van der Waals surface area contributed by atoms with Gasteiger partial charge < -0.3 is 4.74 Å². The van der Waals surface area contributed by atoms with Gasteiger partial charge in [-0.3, -0.25) is 9.59 Å². The fraction of sp³-hybridized carbons (Fsp3) is 0.850. The van der Waals surface area contributed by atoms with Crippen LogP contribution < -0.4 is 0 Å². The fourth-order valence-corrected chi connectivity index (χ4v) is 7.46. The first kappa shape index (κ1) is 15.1. The van der Waals surface area contributed by atoms with Crippen molar-refractivity contribution in [1.82, 2.24) is 0 Å². The van der Waals surface area contributed by atoms with Gasteiger partial charge >= 0.3 is 0 Å². The molecule has 1 saturated heterocycles. The highest BCUT2D eigenvalue weighted by atomic mass is 16.6. The monoisotopic (exact) mass is 327 g/mol. The molecule has 4 saturated carbocycles. The van der Waals surface area contributed by atoms with Gasteiger partial charge in [-0.2, -0.15) is 5.26 Å². The Labute approximate surface area is 142 Å². The fourth-order valence-electron chi connectivity index (χ4n) is 7.46. The number of ether oxygens (including phenoxy) is 1. The van der Waals surface area contributed by atoms with Crippen LogP contribution in [0.25, 0.3) is 0 Å². The minimum absolute atomic E-state index is 0.0186. The first-order valence-electron chi connectivity index (χ1n) is 9.52. The van der Waals surface area contributed by atoms with E-state index in [0.29, 0.717) is 30.0 Å². The number of hydrogen-bond acceptors (Lipinski definition) is 4. The van der Waals surface area contributed by atoms with E-state index >= 15 is 0 Å². The highest BCUT2D eigenvalue weighted by Crippen LogP contribution is 2.72. The van der Waals surface area contributed by atoms with Gasteiger partial charge in [-0.05, 0) is 56.3 Å². The van der Waals surface area contributed by atoms with Gasteiger partial charge in [0.15, 0.2) is 5.78 Å². The van der Waals surface area contributed by atoms with Crippen molar-refractivity contribution in [3.63, 3.8) is 0 Å². The first-order chi connectivity index (χ1) is 11.4. The van der Waals surface area contributed by atoms with Crippen LogP contribution in [0.1, 0.15) is 58.8 Å². The molecule has 1 heterocycles. The molecule has 5 aliphatic rings. The van der Waals surface area contributed by atoms with E-state index in [2.05, 4.69) is 19.9 Å². The van der Waals surface area contributed by atoms with Crippen molar-refractivity contribution in [1.29, 1.82) is 5.26 Å². The van der Waals surface area contributed by atoms with Crippen LogP contribution in [0, 0.1) is 45.8 Å². The van der Waals surface area contributed by atoms with Gasteiger partial charge in [0.1, 0.15) is 23.4 Å². The number of nitriles is 1. The van der Waals surface area contributed by atoms with Crippen LogP contribution in [0.5, 0.6) is 0 Å². The van der Waals surface area contributed by atoms with Crippen LogP contribution in [-0.2, 0) is 14.3 Å². The largest absolute Gasteiger partial charge is 0.357 e. The molecule has 5 fully saturated rings. The van der Waals surface area contributed by atoms with E-state index in [1.165, 1.54) is 0 Å². The zero-order valence-corrected chi connectivity index (χ0v) is 14.5. The Bertz CT molecular complexity index is 695. The average Bonchev–Trinajstić information content (AvgIpc) is 3.23. The molecular weight excluding hydrogens is 302 g/mol. The van der Waals surface area contributed by atoms with Gasteiger partial charge in [0.2, 0.25) is 0 Å². The van der Waals surface area contributed by atoms with Crippen LogP contribution in [-0.4, -0.2) is 23.3 Å². The second kappa shape index (κ2) is 4.30. The second-order valence-electron chi connectivity index (χ2n) is 9.43. The van der Waals surface area contributed by atoms with Crippen molar-refractivity contribution in [2.75, 3.05) is 0 Å². The minimum atomic E-state index is -0.507. The molecule has 4 nitrogen and oxygen atoms in total. The summed E-state index contributed by atoms with van der Waals surface area (Å²) in [7, 11) is 0. The van der Waals surface area contributed by atoms with E-state index in [-0.39, 0.29) is 28.3 Å². The molecule has 128 valence electrons. The van der Waals surface area contributed by atoms with Gasteiger partial charge in [0.25, 0.3) is 0 Å². The molecule has 0 bridgehead atoms. The number of carbonyl (C=O) groups excluding carboxylic acids is 2. The van der Waals surface area contributed by atoms with Gasteiger partial charge in [0.05, 0.1) is 6.07 Å².